The molecule has 1 aliphatic rings. The van der Waals surface area contributed by atoms with Crippen LogP contribution >= 0.6 is 0 Å². The minimum Gasteiger partial charge on any atom is -0.497 e. The molecule has 21 heavy (non-hydrogen) atoms. The number of carbonyl (C=O) groups is 1. The van der Waals surface area contributed by atoms with Crippen molar-refractivity contribution in [2.45, 2.75) is 25.4 Å². The Hall–Kier alpha value is -1.95. The van der Waals surface area contributed by atoms with Crippen LogP contribution in [-0.4, -0.2) is 37.5 Å². The van der Waals surface area contributed by atoms with Crippen LogP contribution in [0.4, 0.5) is 10.5 Å². The third-order valence-corrected chi connectivity index (χ3v) is 3.72. The summed E-state index contributed by atoms with van der Waals surface area (Å²) in [4.78, 5) is 11.9. The first-order chi connectivity index (χ1) is 9.96. The molecule has 0 bridgehead atoms. The second kappa shape index (κ2) is 6.22. The number of aliphatic hydroxyl groups is 1. The van der Waals surface area contributed by atoms with Crippen molar-refractivity contribution in [1.82, 2.24) is 5.32 Å². The third kappa shape index (κ3) is 4.01. The van der Waals surface area contributed by atoms with Crippen LogP contribution in [-0.2, 0) is 0 Å². The van der Waals surface area contributed by atoms with E-state index in [1.165, 1.54) is 7.11 Å². The lowest BCUT2D eigenvalue weighted by atomic mass is 10.0. The van der Waals surface area contributed by atoms with E-state index in [9.17, 15) is 9.90 Å². The molecule has 2 rings (SSSR count). The number of anilines is 1. The Bertz CT molecular complexity index is 512. The molecule has 0 spiro atoms. The number of methoxy groups -OCH3 is 2. The number of carbonyl (C=O) groups excluding carboxylic acids is 1. The van der Waals surface area contributed by atoms with Crippen molar-refractivity contribution in [1.29, 1.82) is 0 Å². The van der Waals surface area contributed by atoms with Crippen LogP contribution in [0.15, 0.2) is 18.2 Å². The standard InChI is InChI=1S/C15H22N2O4/c1-15(19,10-4-5-10)9-16-14(18)17-12-7-6-11(20-2)8-13(12)21-3/h6-8,10,19H,4-5,9H2,1-3H3,(H2,16,17,18)/t15-/m1/s1. The maximum atomic E-state index is 11.9. The smallest absolute Gasteiger partial charge is 0.319 e. The molecule has 0 aliphatic heterocycles. The van der Waals surface area contributed by atoms with Crippen molar-refractivity contribution < 1.29 is 19.4 Å². The molecule has 0 radical (unpaired) electrons. The van der Waals surface area contributed by atoms with Gasteiger partial charge in [-0.1, -0.05) is 0 Å². The molecule has 3 N–H and O–H groups in total. The van der Waals surface area contributed by atoms with Gasteiger partial charge in [-0.15, -0.1) is 0 Å². The van der Waals surface area contributed by atoms with Crippen LogP contribution in [0.2, 0.25) is 0 Å². The van der Waals surface area contributed by atoms with E-state index in [-0.39, 0.29) is 18.5 Å². The van der Waals surface area contributed by atoms with E-state index >= 15 is 0 Å². The summed E-state index contributed by atoms with van der Waals surface area (Å²) in [5, 5.41) is 15.5. The van der Waals surface area contributed by atoms with Crippen LogP contribution in [0, 0.1) is 5.92 Å². The minimum absolute atomic E-state index is 0.224. The molecule has 6 nitrogen and oxygen atoms in total. The predicted octanol–water partition coefficient (Wildman–Crippen LogP) is 1.99. The van der Waals surface area contributed by atoms with E-state index in [2.05, 4.69) is 10.6 Å². The van der Waals surface area contributed by atoms with E-state index in [1.807, 2.05) is 0 Å². The first kappa shape index (κ1) is 15.4. The molecule has 0 unspecified atom stereocenters. The Morgan fingerprint density at radius 1 is 1.38 bits per heavy atom. The highest BCUT2D eigenvalue weighted by molar-refractivity contribution is 5.91. The lowest BCUT2D eigenvalue weighted by Gasteiger charge is -2.23. The van der Waals surface area contributed by atoms with Gasteiger partial charge in [-0.3, -0.25) is 0 Å². The van der Waals surface area contributed by atoms with Gasteiger partial charge in [-0.2, -0.15) is 0 Å². The fourth-order valence-corrected chi connectivity index (χ4v) is 2.18. The molecular formula is C15H22N2O4. The summed E-state index contributed by atoms with van der Waals surface area (Å²) in [5.41, 5.74) is -0.303. The second-order valence-electron chi connectivity index (χ2n) is 5.51. The highest BCUT2D eigenvalue weighted by Gasteiger charge is 2.39. The van der Waals surface area contributed by atoms with Gasteiger partial charge >= 0.3 is 6.03 Å². The molecule has 1 aliphatic carbocycles. The fourth-order valence-electron chi connectivity index (χ4n) is 2.18. The van der Waals surface area contributed by atoms with Gasteiger partial charge in [0.15, 0.2) is 0 Å². The zero-order chi connectivity index (χ0) is 15.5. The average Bonchev–Trinajstić information content (AvgIpc) is 3.31. The van der Waals surface area contributed by atoms with E-state index in [0.717, 1.165) is 12.8 Å². The Morgan fingerprint density at radius 2 is 2.10 bits per heavy atom. The summed E-state index contributed by atoms with van der Waals surface area (Å²) < 4.78 is 10.3. The summed E-state index contributed by atoms with van der Waals surface area (Å²) in [7, 11) is 3.09. The Morgan fingerprint density at radius 3 is 2.67 bits per heavy atom. The zero-order valence-corrected chi connectivity index (χ0v) is 12.6. The lowest BCUT2D eigenvalue weighted by molar-refractivity contribution is 0.0398. The molecule has 0 aromatic heterocycles. The largest absolute Gasteiger partial charge is 0.497 e. The molecule has 1 aromatic carbocycles. The van der Waals surface area contributed by atoms with Crippen molar-refractivity contribution in [3.63, 3.8) is 0 Å². The molecule has 116 valence electrons. The quantitative estimate of drug-likeness (QED) is 0.749. The van der Waals surface area contributed by atoms with Gasteiger partial charge in [0.2, 0.25) is 0 Å². The molecule has 0 saturated heterocycles. The number of nitrogens with one attached hydrogen (secondary N) is 2. The zero-order valence-electron chi connectivity index (χ0n) is 12.6. The monoisotopic (exact) mass is 294 g/mol. The van der Waals surface area contributed by atoms with Gasteiger partial charge in [0.05, 0.1) is 25.5 Å². The molecule has 1 aromatic rings. The van der Waals surface area contributed by atoms with Crippen molar-refractivity contribution in [2.75, 3.05) is 26.1 Å². The van der Waals surface area contributed by atoms with E-state index in [0.29, 0.717) is 17.2 Å². The summed E-state index contributed by atoms with van der Waals surface area (Å²) >= 11 is 0. The van der Waals surface area contributed by atoms with Crippen molar-refractivity contribution >= 4 is 11.7 Å². The molecule has 6 heteroatoms. The molecular weight excluding hydrogens is 272 g/mol. The Balaban J connectivity index is 1.93. The van der Waals surface area contributed by atoms with Gasteiger partial charge in [0.25, 0.3) is 0 Å². The number of amides is 2. The highest BCUT2D eigenvalue weighted by Crippen LogP contribution is 2.39. The molecule has 2 amide bonds. The van der Waals surface area contributed by atoms with Crippen LogP contribution in [0.25, 0.3) is 0 Å². The highest BCUT2D eigenvalue weighted by atomic mass is 16.5. The molecule has 1 atom stereocenters. The van der Waals surface area contributed by atoms with Crippen LogP contribution < -0.4 is 20.1 Å². The number of benzene rings is 1. The molecule has 0 heterocycles. The first-order valence-electron chi connectivity index (χ1n) is 6.95. The van der Waals surface area contributed by atoms with Crippen molar-refractivity contribution in [3.8, 4) is 11.5 Å². The second-order valence-corrected chi connectivity index (χ2v) is 5.51. The number of rotatable bonds is 6. The van der Waals surface area contributed by atoms with Crippen LogP contribution in [0.1, 0.15) is 19.8 Å². The first-order valence-corrected chi connectivity index (χ1v) is 6.95. The molecule has 1 fully saturated rings. The van der Waals surface area contributed by atoms with Gasteiger partial charge in [-0.05, 0) is 37.8 Å². The van der Waals surface area contributed by atoms with Gasteiger partial charge in [0, 0.05) is 12.6 Å². The van der Waals surface area contributed by atoms with Crippen molar-refractivity contribution in [2.24, 2.45) is 5.92 Å². The van der Waals surface area contributed by atoms with Gasteiger partial charge < -0.3 is 25.2 Å². The number of urea groups is 1. The van der Waals surface area contributed by atoms with Crippen molar-refractivity contribution in [3.05, 3.63) is 18.2 Å². The number of hydrogen-bond acceptors (Lipinski definition) is 4. The summed E-state index contributed by atoms with van der Waals surface area (Å²) in [6.07, 6.45) is 2.03. The fraction of sp³-hybridized carbons (Fsp3) is 0.533. The van der Waals surface area contributed by atoms with Gasteiger partial charge in [0.1, 0.15) is 11.5 Å². The van der Waals surface area contributed by atoms with E-state index in [1.54, 1.807) is 32.2 Å². The number of ether oxygens (including phenoxy) is 2. The van der Waals surface area contributed by atoms with E-state index in [4.69, 9.17) is 9.47 Å². The number of hydrogen-bond donors (Lipinski definition) is 3. The normalized spacial score (nSPS) is 16.8. The van der Waals surface area contributed by atoms with Crippen LogP contribution in [0.5, 0.6) is 11.5 Å². The predicted molar refractivity (Wildman–Crippen MR) is 79.9 cm³/mol. The third-order valence-electron chi connectivity index (χ3n) is 3.72. The van der Waals surface area contributed by atoms with E-state index < -0.39 is 5.60 Å². The molecule has 1 saturated carbocycles. The Labute approximate surface area is 124 Å². The lowest BCUT2D eigenvalue weighted by Crippen LogP contribution is -2.43. The maximum Gasteiger partial charge on any atom is 0.319 e. The SMILES string of the molecule is COc1ccc(NC(=O)NC[C@@](C)(O)C2CC2)c(OC)c1. The topological polar surface area (TPSA) is 79.8 Å². The Kier molecular flexibility index (Phi) is 4.57. The van der Waals surface area contributed by atoms with Gasteiger partial charge in [-0.25, -0.2) is 4.79 Å². The summed E-state index contributed by atoms with van der Waals surface area (Å²) in [6, 6.07) is 4.75. The minimum atomic E-state index is -0.846. The summed E-state index contributed by atoms with van der Waals surface area (Å²) in [6.45, 7) is 1.97. The van der Waals surface area contributed by atoms with Crippen LogP contribution in [0.3, 0.4) is 0 Å². The average molecular weight is 294 g/mol. The maximum absolute atomic E-state index is 11.9. The summed E-state index contributed by atoms with van der Waals surface area (Å²) in [5.74, 6) is 1.45.